The molecule has 22 heavy (non-hydrogen) atoms. The van der Waals surface area contributed by atoms with E-state index in [2.05, 4.69) is 19.8 Å². The third kappa shape index (κ3) is 3.37. The quantitative estimate of drug-likeness (QED) is 0.786. The minimum absolute atomic E-state index is 0.220. The molecule has 0 bridgehead atoms. The van der Waals surface area contributed by atoms with E-state index in [1.165, 1.54) is 11.5 Å². The summed E-state index contributed by atoms with van der Waals surface area (Å²) >= 11 is 1.18. The van der Waals surface area contributed by atoms with Gasteiger partial charge < -0.3 is 0 Å². The molecule has 0 atom stereocenters. The number of hydrogen-bond donors (Lipinski definition) is 1. The molecule has 3 rings (SSSR count). The highest BCUT2D eigenvalue weighted by Crippen LogP contribution is 2.15. The zero-order chi connectivity index (χ0) is 15.4. The van der Waals surface area contributed by atoms with Crippen LogP contribution in [0.3, 0.4) is 0 Å². The fourth-order valence-electron chi connectivity index (χ4n) is 1.98. The number of benzene rings is 1. The molecule has 0 aliphatic rings. The van der Waals surface area contributed by atoms with Crippen molar-refractivity contribution in [3.8, 4) is 0 Å². The van der Waals surface area contributed by atoms with E-state index in [9.17, 15) is 4.79 Å². The van der Waals surface area contributed by atoms with Gasteiger partial charge in [-0.1, -0.05) is 30.3 Å². The molecule has 0 unspecified atom stereocenters. The summed E-state index contributed by atoms with van der Waals surface area (Å²) in [7, 11) is 0. The van der Waals surface area contributed by atoms with Crippen LogP contribution in [0.5, 0.6) is 0 Å². The molecule has 6 nitrogen and oxygen atoms in total. The Bertz CT molecular complexity index is 765. The molecule has 0 saturated carbocycles. The van der Waals surface area contributed by atoms with E-state index in [-0.39, 0.29) is 5.91 Å². The number of anilines is 1. The van der Waals surface area contributed by atoms with Gasteiger partial charge in [-0.25, -0.2) is 4.98 Å². The largest absolute Gasteiger partial charge is 0.296 e. The van der Waals surface area contributed by atoms with Gasteiger partial charge in [-0.3, -0.25) is 14.8 Å². The van der Waals surface area contributed by atoms with Gasteiger partial charge in [-0.05, 0) is 12.5 Å². The van der Waals surface area contributed by atoms with E-state index in [4.69, 9.17) is 0 Å². The number of carbonyl (C=O) groups excluding carboxylic acids is 1. The maximum absolute atomic E-state index is 12.1. The Morgan fingerprint density at radius 3 is 2.86 bits per heavy atom. The molecule has 7 heteroatoms. The van der Waals surface area contributed by atoms with E-state index >= 15 is 0 Å². The van der Waals surface area contributed by atoms with Gasteiger partial charge in [0.25, 0.3) is 5.91 Å². The highest BCUT2D eigenvalue weighted by atomic mass is 32.1. The molecule has 0 fully saturated rings. The van der Waals surface area contributed by atoms with E-state index in [1.807, 2.05) is 37.3 Å². The van der Waals surface area contributed by atoms with E-state index in [1.54, 1.807) is 17.1 Å². The fourth-order valence-corrected chi connectivity index (χ4v) is 2.56. The first-order chi connectivity index (χ1) is 10.7. The molecule has 2 aromatic heterocycles. The summed E-state index contributed by atoms with van der Waals surface area (Å²) in [6.07, 6.45) is 3.91. The van der Waals surface area contributed by atoms with Crippen LogP contribution >= 0.6 is 11.5 Å². The van der Waals surface area contributed by atoms with E-state index in [0.29, 0.717) is 22.9 Å². The van der Waals surface area contributed by atoms with Crippen molar-refractivity contribution in [2.24, 2.45) is 0 Å². The van der Waals surface area contributed by atoms with Crippen LogP contribution in [-0.2, 0) is 13.0 Å². The van der Waals surface area contributed by atoms with Crippen LogP contribution in [0.4, 0.5) is 5.13 Å². The van der Waals surface area contributed by atoms with Gasteiger partial charge in [0.15, 0.2) is 0 Å². The molecular weight excluding hydrogens is 298 g/mol. The van der Waals surface area contributed by atoms with Crippen LogP contribution in [0.15, 0.2) is 42.7 Å². The molecule has 0 saturated heterocycles. The van der Waals surface area contributed by atoms with Crippen LogP contribution in [0.2, 0.25) is 0 Å². The molecule has 0 spiro atoms. The summed E-state index contributed by atoms with van der Waals surface area (Å²) in [6.45, 7) is 2.70. The summed E-state index contributed by atoms with van der Waals surface area (Å²) in [6, 6.07) is 9.99. The predicted molar refractivity (Wildman–Crippen MR) is 85.0 cm³/mol. The van der Waals surface area contributed by atoms with Crippen molar-refractivity contribution in [2.45, 2.75) is 19.9 Å². The Labute approximate surface area is 132 Å². The van der Waals surface area contributed by atoms with Gasteiger partial charge in [0.1, 0.15) is 5.82 Å². The van der Waals surface area contributed by atoms with Crippen LogP contribution < -0.4 is 5.32 Å². The van der Waals surface area contributed by atoms with Crippen molar-refractivity contribution in [1.82, 2.24) is 19.1 Å². The van der Waals surface area contributed by atoms with Crippen molar-refractivity contribution in [3.63, 3.8) is 0 Å². The second-order valence-corrected chi connectivity index (χ2v) is 5.47. The van der Waals surface area contributed by atoms with Crippen molar-refractivity contribution in [1.29, 1.82) is 0 Å². The van der Waals surface area contributed by atoms with Crippen molar-refractivity contribution in [3.05, 3.63) is 59.7 Å². The van der Waals surface area contributed by atoms with Crippen LogP contribution in [0.1, 0.15) is 28.7 Å². The Kier molecular flexibility index (Phi) is 4.24. The Balaban J connectivity index is 1.65. The molecule has 2 heterocycles. The normalized spacial score (nSPS) is 10.6. The lowest BCUT2D eigenvalue weighted by Crippen LogP contribution is -2.11. The first kappa shape index (κ1) is 14.4. The van der Waals surface area contributed by atoms with Gasteiger partial charge in [0.05, 0.1) is 11.8 Å². The number of rotatable bonds is 5. The van der Waals surface area contributed by atoms with Gasteiger partial charge in [-0.15, -0.1) is 0 Å². The van der Waals surface area contributed by atoms with Gasteiger partial charge >= 0.3 is 0 Å². The molecule has 0 aliphatic carbocycles. The number of aryl methyl sites for hydroxylation is 1. The van der Waals surface area contributed by atoms with E-state index in [0.717, 1.165) is 12.1 Å². The Morgan fingerprint density at radius 2 is 2.14 bits per heavy atom. The maximum Gasteiger partial charge on any atom is 0.260 e. The predicted octanol–water partition coefficient (Wildman–Crippen LogP) is 2.60. The lowest BCUT2D eigenvalue weighted by Gasteiger charge is -1.97. The van der Waals surface area contributed by atoms with Crippen LogP contribution in [-0.4, -0.2) is 25.0 Å². The number of amides is 1. The molecule has 1 amide bonds. The average molecular weight is 313 g/mol. The third-order valence-electron chi connectivity index (χ3n) is 3.11. The molecule has 0 aliphatic heterocycles. The summed E-state index contributed by atoms with van der Waals surface area (Å²) in [5.74, 6) is 0.484. The van der Waals surface area contributed by atoms with Crippen molar-refractivity contribution < 1.29 is 4.79 Å². The first-order valence-corrected chi connectivity index (χ1v) is 7.72. The molecule has 0 radical (unpaired) electrons. The van der Waals surface area contributed by atoms with Crippen molar-refractivity contribution >= 4 is 22.6 Å². The SMILES string of the molecule is CCn1cc(C(=O)Nc2nc(Cc3ccccc3)ns2)cn1. The summed E-state index contributed by atoms with van der Waals surface area (Å²) in [5, 5.41) is 7.34. The fraction of sp³-hybridized carbons (Fsp3) is 0.200. The second-order valence-electron chi connectivity index (χ2n) is 4.72. The monoisotopic (exact) mass is 313 g/mol. The van der Waals surface area contributed by atoms with Gasteiger partial charge in [0.2, 0.25) is 5.13 Å². The second kappa shape index (κ2) is 6.48. The number of hydrogen-bond acceptors (Lipinski definition) is 5. The lowest BCUT2D eigenvalue weighted by molar-refractivity contribution is 0.102. The minimum atomic E-state index is -0.220. The number of carbonyl (C=O) groups is 1. The Hall–Kier alpha value is -2.54. The highest BCUT2D eigenvalue weighted by molar-refractivity contribution is 7.09. The van der Waals surface area contributed by atoms with Gasteiger partial charge in [-0.2, -0.15) is 9.47 Å². The average Bonchev–Trinajstić information content (AvgIpc) is 3.17. The smallest absolute Gasteiger partial charge is 0.260 e. The minimum Gasteiger partial charge on any atom is -0.296 e. The molecule has 1 aromatic carbocycles. The number of aromatic nitrogens is 4. The maximum atomic E-state index is 12.1. The summed E-state index contributed by atoms with van der Waals surface area (Å²) < 4.78 is 5.98. The van der Waals surface area contributed by atoms with Gasteiger partial charge in [0, 0.05) is 30.7 Å². The molecular formula is C15H15N5OS. The van der Waals surface area contributed by atoms with Crippen LogP contribution in [0, 0.1) is 0 Å². The molecule has 1 N–H and O–H groups in total. The number of nitrogens with zero attached hydrogens (tertiary/aromatic N) is 4. The van der Waals surface area contributed by atoms with E-state index < -0.39 is 0 Å². The lowest BCUT2D eigenvalue weighted by atomic mass is 10.1. The standard InChI is InChI=1S/C15H15N5OS/c1-2-20-10-12(9-16-20)14(21)18-15-17-13(19-22-15)8-11-6-4-3-5-7-11/h3-7,9-10H,2,8H2,1H3,(H,17,18,19,21). The zero-order valence-corrected chi connectivity index (χ0v) is 12.9. The summed E-state index contributed by atoms with van der Waals surface area (Å²) in [5.41, 5.74) is 1.66. The zero-order valence-electron chi connectivity index (χ0n) is 12.1. The molecule has 112 valence electrons. The Morgan fingerprint density at radius 1 is 1.32 bits per heavy atom. The number of nitrogens with one attached hydrogen (secondary N) is 1. The molecule has 3 aromatic rings. The van der Waals surface area contributed by atoms with Crippen LogP contribution in [0.25, 0.3) is 0 Å². The third-order valence-corrected chi connectivity index (χ3v) is 3.78. The van der Waals surface area contributed by atoms with Crippen molar-refractivity contribution in [2.75, 3.05) is 5.32 Å². The highest BCUT2D eigenvalue weighted by Gasteiger charge is 2.12. The first-order valence-electron chi connectivity index (χ1n) is 6.95. The topological polar surface area (TPSA) is 72.7 Å². The summed E-state index contributed by atoms with van der Waals surface area (Å²) in [4.78, 5) is 16.4.